The second-order valence-corrected chi connectivity index (χ2v) is 11.2. The number of guanidine groups is 2. The van der Waals surface area contributed by atoms with Crippen LogP contribution in [0.25, 0.3) is 0 Å². The summed E-state index contributed by atoms with van der Waals surface area (Å²) in [4.78, 5) is 39.9. The van der Waals surface area contributed by atoms with E-state index < -0.39 is 0 Å². The van der Waals surface area contributed by atoms with Crippen molar-refractivity contribution in [1.29, 1.82) is 0 Å². The maximum Gasteiger partial charge on any atom is 0.253 e. The number of carbonyl (C=O) groups excluding carboxylic acids is 2. The molecule has 0 aromatic heterocycles. The Morgan fingerprint density at radius 1 is 1.05 bits per heavy atom. The molecule has 11 nitrogen and oxygen atoms in total. The summed E-state index contributed by atoms with van der Waals surface area (Å²) in [5.74, 6) is 1.16. The normalized spacial score (nSPS) is 23.6. The maximum absolute atomic E-state index is 13.5. The minimum Gasteiger partial charge on any atom is -0.337 e. The number of benzene rings is 2. The van der Waals surface area contributed by atoms with Gasteiger partial charge >= 0.3 is 0 Å². The molecule has 3 unspecified atom stereocenters. The summed E-state index contributed by atoms with van der Waals surface area (Å²) in [6.07, 6.45) is 5.71. The van der Waals surface area contributed by atoms with E-state index in [1.54, 1.807) is 0 Å². The fourth-order valence-corrected chi connectivity index (χ4v) is 6.19. The number of nitrogens with zero attached hydrogens (tertiary/aromatic N) is 6. The number of anilines is 3. The standard InChI is InChI=1S/C31H39N9O2/c1-3-38(4-2)26-15-16-39(20-26)29(42)21-10-7-11-23(17-21)35-31-37-30-34-25-13-8-12-24(18-25)33-27(41)14-6-5-9-22-19-32-40(31)28(22)36-30/h7-8,10-13,17-19,22,26,28H,3-6,9,14-16,20H2,1-2H3,(H,33,41)(H2,34,35,36,37). The third-order valence-corrected chi connectivity index (χ3v) is 8.44. The van der Waals surface area contributed by atoms with Gasteiger partial charge in [0.15, 0.2) is 6.17 Å². The van der Waals surface area contributed by atoms with Crippen molar-refractivity contribution >= 4 is 47.0 Å². The molecule has 1 saturated heterocycles. The fraction of sp³-hybridized carbons (Fsp3) is 0.452. The number of hydrogen-bond donors (Lipinski definition) is 3. The van der Waals surface area contributed by atoms with Crippen LogP contribution in [0.15, 0.2) is 63.6 Å². The molecular weight excluding hydrogens is 530 g/mol. The van der Waals surface area contributed by atoms with Crippen molar-refractivity contribution in [2.24, 2.45) is 21.0 Å². The van der Waals surface area contributed by atoms with Gasteiger partial charge in [0.1, 0.15) is 0 Å². The molecule has 2 amide bonds. The molecule has 4 heterocycles. The summed E-state index contributed by atoms with van der Waals surface area (Å²) < 4.78 is 0. The van der Waals surface area contributed by atoms with E-state index >= 15 is 0 Å². The van der Waals surface area contributed by atoms with Gasteiger partial charge < -0.3 is 20.9 Å². The van der Waals surface area contributed by atoms with Crippen LogP contribution in [0.4, 0.5) is 17.1 Å². The van der Waals surface area contributed by atoms with Crippen LogP contribution in [0.5, 0.6) is 0 Å². The fourth-order valence-electron chi connectivity index (χ4n) is 6.19. The van der Waals surface area contributed by atoms with Crippen LogP contribution in [0.2, 0.25) is 0 Å². The molecule has 4 bridgehead atoms. The first-order valence-electron chi connectivity index (χ1n) is 15.1. The molecule has 220 valence electrons. The highest BCUT2D eigenvalue weighted by atomic mass is 16.2. The zero-order valence-corrected chi connectivity index (χ0v) is 24.3. The van der Waals surface area contributed by atoms with Crippen LogP contribution >= 0.6 is 0 Å². The van der Waals surface area contributed by atoms with Crippen LogP contribution in [0.3, 0.4) is 0 Å². The molecule has 6 rings (SSSR count). The average Bonchev–Trinajstić information content (AvgIpc) is 3.64. The van der Waals surface area contributed by atoms with Crippen LogP contribution in [-0.2, 0) is 4.79 Å². The van der Waals surface area contributed by atoms with Crippen LogP contribution < -0.4 is 16.0 Å². The molecule has 2 aromatic rings. The molecule has 0 radical (unpaired) electrons. The number of amides is 2. The predicted molar refractivity (Wildman–Crippen MR) is 167 cm³/mol. The summed E-state index contributed by atoms with van der Waals surface area (Å²) in [5.41, 5.74) is 2.91. The molecule has 4 aliphatic heterocycles. The number of likely N-dealkylation sites (tertiary alicyclic amines) is 1. The van der Waals surface area contributed by atoms with Crippen molar-refractivity contribution in [2.45, 2.75) is 58.2 Å². The number of fused-ring (bicyclic) bond motifs is 2. The van der Waals surface area contributed by atoms with E-state index in [1.165, 1.54) is 0 Å². The third-order valence-electron chi connectivity index (χ3n) is 8.44. The second-order valence-electron chi connectivity index (χ2n) is 11.2. The molecule has 4 aliphatic rings. The highest BCUT2D eigenvalue weighted by Crippen LogP contribution is 2.29. The van der Waals surface area contributed by atoms with Crippen molar-refractivity contribution in [3.63, 3.8) is 0 Å². The molecule has 0 saturated carbocycles. The minimum absolute atomic E-state index is 0.0159. The van der Waals surface area contributed by atoms with Gasteiger partial charge in [-0.2, -0.15) is 10.1 Å². The number of aliphatic imine (C=N–C) groups is 2. The van der Waals surface area contributed by atoms with Crippen molar-refractivity contribution in [3.8, 4) is 0 Å². The van der Waals surface area contributed by atoms with Gasteiger partial charge in [0.2, 0.25) is 17.8 Å². The van der Waals surface area contributed by atoms with E-state index in [-0.39, 0.29) is 23.9 Å². The molecule has 2 aromatic carbocycles. The summed E-state index contributed by atoms with van der Waals surface area (Å²) in [6, 6.07) is 15.6. The predicted octanol–water partition coefficient (Wildman–Crippen LogP) is 4.25. The van der Waals surface area contributed by atoms with E-state index in [4.69, 9.17) is 9.98 Å². The van der Waals surface area contributed by atoms with E-state index in [9.17, 15) is 9.59 Å². The molecule has 0 aliphatic carbocycles. The Labute approximate surface area is 246 Å². The molecule has 0 spiro atoms. The van der Waals surface area contributed by atoms with Crippen LogP contribution in [0.1, 0.15) is 56.3 Å². The van der Waals surface area contributed by atoms with Crippen molar-refractivity contribution in [1.82, 2.24) is 14.8 Å². The summed E-state index contributed by atoms with van der Waals surface area (Å²) >= 11 is 0. The number of hydrazone groups is 1. The molecule has 1 fully saturated rings. The van der Waals surface area contributed by atoms with Crippen LogP contribution in [0, 0.1) is 5.92 Å². The quantitative estimate of drug-likeness (QED) is 0.496. The van der Waals surface area contributed by atoms with Crippen molar-refractivity contribution in [2.75, 3.05) is 42.1 Å². The molecule has 11 heteroatoms. The summed E-state index contributed by atoms with van der Waals surface area (Å²) in [5, 5.41) is 16.2. The summed E-state index contributed by atoms with van der Waals surface area (Å²) in [6.45, 7) is 7.86. The molecule has 3 N–H and O–H groups in total. The highest BCUT2D eigenvalue weighted by molar-refractivity contribution is 6.09. The lowest BCUT2D eigenvalue weighted by Crippen LogP contribution is -2.44. The lowest BCUT2D eigenvalue weighted by molar-refractivity contribution is -0.116. The van der Waals surface area contributed by atoms with E-state index in [0.29, 0.717) is 29.9 Å². The number of likely N-dealkylation sites (N-methyl/N-ethyl adjacent to an activating group) is 1. The van der Waals surface area contributed by atoms with Crippen molar-refractivity contribution < 1.29 is 9.59 Å². The zero-order valence-electron chi connectivity index (χ0n) is 24.3. The molecular formula is C31H39N9O2. The minimum atomic E-state index is -0.251. The Balaban J connectivity index is 1.22. The van der Waals surface area contributed by atoms with Gasteiger partial charge in [0.25, 0.3) is 5.91 Å². The highest BCUT2D eigenvalue weighted by Gasteiger charge is 2.37. The monoisotopic (exact) mass is 569 g/mol. The Bertz CT molecular complexity index is 1420. The average molecular weight is 570 g/mol. The van der Waals surface area contributed by atoms with Gasteiger partial charge in [0.05, 0.1) is 0 Å². The smallest absolute Gasteiger partial charge is 0.253 e. The van der Waals surface area contributed by atoms with E-state index in [0.717, 1.165) is 68.9 Å². The topological polar surface area (TPSA) is 117 Å². The molecule has 3 atom stereocenters. The first-order chi connectivity index (χ1) is 20.5. The number of rotatable bonds is 5. The Morgan fingerprint density at radius 3 is 2.69 bits per heavy atom. The van der Waals surface area contributed by atoms with Gasteiger partial charge in [-0.3, -0.25) is 14.5 Å². The van der Waals surface area contributed by atoms with Gasteiger partial charge in [0, 0.05) is 60.3 Å². The number of carbonyl (C=O) groups is 2. The molecule has 42 heavy (non-hydrogen) atoms. The van der Waals surface area contributed by atoms with Crippen molar-refractivity contribution in [3.05, 3.63) is 54.1 Å². The lowest BCUT2D eigenvalue weighted by atomic mass is 9.99. The first-order valence-corrected chi connectivity index (χ1v) is 15.1. The Morgan fingerprint density at radius 2 is 1.86 bits per heavy atom. The van der Waals surface area contributed by atoms with Gasteiger partial charge in [-0.25, -0.2) is 10.0 Å². The first kappa shape index (κ1) is 27.9. The SMILES string of the molecule is CCN(CC)C1CCN(C(=O)c2cccc(NC3=NC4=NC5C(C=NN35)CCCCC(=O)Nc3cccc(c3)N4)c2)C1. The third kappa shape index (κ3) is 6.01. The van der Waals surface area contributed by atoms with E-state index in [2.05, 4.69) is 39.8 Å². The Hall–Kier alpha value is -4.25. The van der Waals surface area contributed by atoms with E-state index in [1.807, 2.05) is 64.7 Å². The second kappa shape index (κ2) is 12.3. The zero-order chi connectivity index (χ0) is 29.1. The number of hydrogen-bond acceptors (Lipinski definition) is 9. The van der Waals surface area contributed by atoms with Gasteiger partial charge in [-0.1, -0.05) is 32.4 Å². The van der Waals surface area contributed by atoms with Crippen LogP contribution in [-0.4, -0.2) is 83.1 Å². The largest absolute Gasteiger partial charge is 0.337 e. The lowest BCUT2D eigenvalue weighted by Gasteiger charge is -2.30. The summed E-state index contributed by atoms with van der Waals surface area (Å²) in [7, 11) is 0. The maximum atomic E-state index is 13.5. The number of nitrogens with one attached hydrogen (secondary N) is 3. The van der Waals surface area contributed by atoms with Gasteiger partial charge in [-0.05, 0) is 68.8 Å². The Kier molecular flexibility index (Phi) is 8.18. The van der Waals surface area contributed by atoms with Gasteiger partial charge in [-0.15, -0.1) is 0 Å².